The van der Waals surface area contributed by atoms with Crippen LogP contribution >= 0.6 is 0 Å². The standard InChI is InChI=1S/C16H25NO3/c1-4-14(11-5-6-11)17-10-15(18)13-9-12(19-2)7-8-16(13)20-3/h7-9,11,14-15,17-18H,4-6,10H2,1-3H3. The van der Waals surface area contributed by atoms with E-state index < -0.39 is 6.10 Å². The van der Waals surface area contributed by atoms with Gasteiger partial charge in [-0.2, -0.15) is 0 Å². The molecule has 2 atom stereocenters. The third-order valence-corrected chi connectivity index (χ3v) is 4.00. The molecule has 0 heterocycles. The minimum atomic E-state index is -0.590. The van der Waals surface area contributed by atoms with Crippen LogP contribution in [0.4, 0.5) is 0 Å². The summed E-state index contributed by atoms with van der Waals surface area (Å²) in [4.78, 5) is 0. The monoisotopic (exact) mass is 279 g/mol. The molecule has 1 aliphatic carbocycles. The fraction of sp³-hybridized carbons (Fsp3) is 0.625. The van der Waals surface area contributed by atoms with E-state index in [4.69, 9.17) is 9.47 Å². The third kappa shape index (κ3) is 3.64. The second-order valence-corrected chi connectivity index (χ2v) is 5.38. The maximum absolute atomic E-state index is 10.4. The van der Waals surface area contributed by atoms with Crippen molar-refractivity contribution in [3.8, 4) is 11.5 Å². The molecule has 1 aromatic carbocycles. The van der Waals surface area contributed by atoms with E-state index in [1.807, 2.05) is 18.2 Å². The maximum atomic E-state index is 10.4. The van der Waals surface area contributed by atoms with Gasteiger partial charge in [-0.1, -0.05) is 6.92 Å². The Bertz CT molecular complexity index is 432. The largest absolute Gasteiger partial charge is 0.497 e. The van der Waals surface area contributed by atoms with Crippen LogP contribution in [0.1, 0.15) is 37.9 Å². The maximum Gasteiger partial charge on any atom is 0.124 e. The summed E-state index contributed by atoms with van der Waals surface area (Å²) in [6.07, 6.45) is 3.13. The number of methoxy groups -OCH3 is 2. The Hall–Kier alpha value is -1.26. The first-order valence-corrected chi connectivity index (χ1v) is 7.33. The van der Waals surface area contributed by atoms with Crippen molar-refractivity contribution in [3.63, 3.8) is 0 Å². The molecule has 1 aliphatic rings. The first-order valence-electron chi connectivity index (χ1n) is 7.33. The summed E-state index contributed by atoms with van der Waals surface area (Å²) in [5, 5.41) is 13.9. The van der Waals surface area contributed by atoms with Gasteiger partial charge in [0.25, 0.3) is 0 Å². The molecule has 0 amide bonds. The normalized spacial score (nSPS) is 17.6. The van der Waals surface area contributed by atoms with Gasteiger partial charge in [-0.3, -0.25) is 0 Å². The summed E-state index contributed by atoms with van der Waals surface area (Å²) < 4.78 is 10.5. The first-order chi connectivity index (χ1) is 9.69. The number of hydrogen-bond acceptors (Lipinski definition) is 4. The average Bonchev–Trinajstić information content (AvgIpc) is 3.31. The molecule has 20 heavy (non-hydrogen) atoms. The van der Waals surface area contributed by atoms with Crippen LogP contribution < -0.4 is 14.8 Å². The number of benzene rings is 1. The molecule has 1 saturated carbocycles. The van der Waals surface area contributed by atoms with Crippen molar-refractivity contribution in [2.24, 2.45) is 5.92 Å². The van der Waals surface area contributed by atoms with Crippen LogP contribution in [0.2, 0.25) is 0 Å². The van der Waals surface area contributed by atoms with Crippen molar-refractivity contribution in [2.45, 2.75) is 38.3 Å². The number of aliphatic hydroxyl groups is 1. The van der Waals surface area contributed by atoms with Crippen molar-refractivity contribution in [3.05, 3.63) is 23.8 Å². The molecule has 2 N–H and O–H groups in total. The molecule has 4 nitrogen and oxygen atoms in total. The third-order valence-electron chi connectivity index (χ3n) is 4.00. The van der Waals surface area contributed by atoms with E-state index in [2.05, 4.69) is 12.2 Å². The van der Waals surface area contributed by atoms with E-state index in [0.29, 0.717) is 18.3 Å². The zero-order valence-corrected chi connectivity index (χ0v) is 12.6. The van der Waals surface area contributed by atoms with Crippen molar-refractivity contribution in [1.82, 2.24) is 5.32 Å². The summed E-state index contributed by atoms with van der Waals surface area (Å²) in [6.45, 7) is 2.73. The number of rotatable bonds is 8. The first kappa shape index (κ1) is 15.1. The van der Waals surface area contributed by atoms with Crippen LogP contribution in [0.5, 0.6) is 11.5 Å². The minimum absolute atomic E-state index is 0.515. The molecule has 2 unspecified atom stereocenters. The SMILES string of the molecule is CCC(NCC(O)c1cc(OC)ccc1OC)C1CC1. The Balaban J connectivity index is 2.01. The fourth-order valence-corrected chi connectivity index (χ4v) is 2.62. The zero-order chi connectivity index (χ0) is 14.5. The average molecular weight is 279 g/mol. The Labute approximate surface area is 121 Å². The highest BCUT2D eigenvalue weighted by molar-refractivity contribution is 5.41. The highest BCUT2D eigenvalue weighted by atomic mass is 16.5. The van der Waals surface area contributed by atoms with Crippen molar-refractivity contribution < 1.29 is 14.6 Å². The summed E-state index contributed by atoms with van der Waals surface area (Å²) in [5.74, 6) is 2.22. The van der Waals surface area contributed by atoms with Gasteiger partial charge < -0.3 is 19.9 Å². The van der Waals surface area contributed by atoms with Crippen molar-refractivity contribution in [1.29, 1.82) is 0 Å². The van der Waals surface area contributed by atoms with Crippen LogP contribution in [0.3, 0.4) is 0 Å². The topological polar surface area (TPSA) is 50.7 Å². The van der Waals surface area contributed by atoms with Crippen LogP contribution in [0, 0.1) is 5.92 Å². The fourth-order valence-electron chi connectivity index (χ4n) is 2.62. The lowest BCUT2D eigenvalue weighted by Crippen LogP contribution is -2.34. The van der Waals surface area contributed by atoms with E-state index in [0.717, 1.165) is 23.7 Å². The lowest BCUT2D eigenvalue weighted by Gasteiger charge is -2.21. The molecule has 1 aromatic rings. The Morgan fingerprint density at radius 2 is 2.05 bits per heavy atom. The predicted molar refractivity (Wildman–Crippen MR) is 79.3 cm³/mol. The number of aliphatic hydroxyl groups excluding tert-OH is 1. The summed E-state index contributed by atoms with van der Waals surface area (Å²) in [7, 11) is 3.24. The van der Waals surface area contributed by atoms with Crippen LogP contribution in [0.15, 0.2) is 18.2 Å². The number of nitrogens with one attached hydrogen (secondary N) is 1. The smallest absolute Gasteiger partial charge is 0.124 e. The van der Waals surface area contributed by atoms with E-state index in [9.17, 15) is 5.11 Å². The van der Waals surface area contributed by atoms with E-state index in [1.54, 1.807) is 14.2 Å². The molecule has 112 valence electrons. The minimum Gasteiger partial charge on any atom is -0.497 e. The van der Waals surface area contributed by atoms with Crippen LogP contribution in [-0.4, -0.2) is 31.9 Å². The lowest BCUT2D eigenvalue weighted by molar-refractivity contribution is 0.163. The molecule has 0 saturated heterocycles. The molecule has 0 aromatic heterocycles. The molecule has 1 fully saturated rings. The van der Waals surface area contributed by atoms with Gasteiger partial charge in [0, 0.05) is 18.2 Å². The van der Waals surface area contributed by atoms with Gasteiger partial charge in [0.15, 0.2) is 0 Å². The zero-order valence-electron chi connectivity index (χ0n) is 12.6. The van der Waals surface area contributed by atoms with Crippen molar-refractivity contribution >= 4 is 0 Å². The molecule has 0 spiro atoms. The Morgan fingerprint density at radius 1 is 1.30 bits per heavy atom. The van der Waals surface area contributed by atoms with Gasteiger partial charge >= 0.3 is 0 Å². The molecule has 0 bridgehead atoms. The quantitative estimate of drug-likeness (QED) is 0.768. The Kier molecular flexibility index (Phi) is 5.26. The van der Waals surface area contributed by atoms with Gasteiger partial charge in [0.05, 0.1) is 20.3 Å². The molecule has 0 radical (unpaired) electrons. The van der Waals surface area contributed by atoms with Crippen molar-refractivity contribution in [2.75, 3.05) is 20.8 Å². The molecular weight excluding hydrogens is 254 g/mol. The lowest BCUT2D eigenvalue weighted by atomic mass is 10.1. The van der Waals surface area contributed by atoms with E-state index in [-0.39, 0.29) is 0 Å². The predicted octanol–water partition coefficient (Wildman–Crippen LogP) is 2.52. The second-order valence-electron chi connectivity index (χ2n) is 5.38. The van der Waals surface area contributed by atoms with Crippen LogP contribution in [-0.2, 0) is 0 Å². The molecule has 4 heteroatoms. The highest BCUT2D eigenvalue weighted by Gasteiger charge is 2.30. The van der Waals surface area contributed by atoms with Gasteiger partial charge in [0.2, 0.25) is 0 Å². The number of ether oxygens (including phenoxy) is 2. The van der Waals surface area contributed by atoms with E-state index in [1.165, 1.54) is 12.8 Å². The van der Waals surface area contributed by atoms with Crippen LogP contribution in [0.25, 0.3) is 0 Å². The highest BCUT2D eigenvalue weighted by Crippen LogP contribution is 2.34. The summed E-state index contributed by atoms with van der Waals surface area (Å²) in [5.41, 5.74) is 0.769. The van der Waals surface area contributed by atoms with Gasteiger partial charge in [0.1, 0.15) is 11.5 Å². The summed E-state index contributed by atoms with van der Waals surface area (Å²) in [6, 6.07) is 6.02. The number of hydrogen-bond donors (Lipinski definition) is 2. The van der Waals surface area contributed by atoms with Gasteiger partial charge in [-0.15, -0.1) is 0 Å². The molecular formula is C16H25NO3. The Morgan fingerprint density at radius 3 is 2.60 bits per heavy atom. The molecule has 0 aliphatic heterocycles. The van der Waals surface area contributed by atoms with Gasteiger partial charge in [-0.05, 0) is 43.4 Å². The van der Waals surface area contributed by atoms with Gasteiger partial charge in [-0.25, -0.2) is 0 Å². The summed E-state index contributed by atoms with van der Waals surface area (Å²) >= 11 is 0. The molecule has 2 rings (SSSR count). The second kappa shape index (κ2) is 6.95. The van der Waals surface area contributed by atoms with E-state index >= 15 is 0 Å².